The zero-order valence-corrected chi connectivity index (χ0v) is 14.6. The summed E-state index contributed by atoms with van der Waals surface area (Å²) in [6.45, 7) is 8.94. The first-order valence-corrected chi connectivity index (χ1v) is 8.66. The minimum absolute atomic E-state index is 0. The predicted octanol–water partition coefficient (Wildman–Crippen LogP) is 2.54. The van der Waals surface area contributed by atoms with Gasteiger partial charge in [-0.15, -0.1) is 0 Å². The molecule has 1 radical (unpaired) electrons. The summed E-state index contributed by atoms with van der Waals surface area (Å²) in [4.78, 5) is 0. The molecular weight excluding hydrogens is 297 g/mol. The van der Waals surface area contributed by atoms with E-state index in [1.54, 1.807) is 6.92 Å². The van der Waals surface area contributed by atoms with E-state index in [9.17, 15) is 0 Å². The summed E-state index contributed by atoms with van der Waals surface area (Å²) in [5.74, 6) is 0. The van der Waals surface area contributed by atoms with Crippen molar-refractivity contribution in [2.24, 2.45) is 0 Å². The van der Waals surface area contributed by atoms with E-state index >= 15 is 0 Å². The van der Waals surface area contributed by atoms with Gasteiger partial charge in [-0.2, -0.15) is 0 Å². The van der Waals surface area contributed by atoms with Crippen molar-refractivity contribution in [3.8, 4) is 0 Å². The summed E-state index contributed by atoms with van der Waals surface area (Å²) in [6.07, 6.45) is 0. The topological polar surface area (TPSA) is 20.2 Å². The molecule has 11 heavy (non-hydrogen) atoms. The Bertz CT molecular complexity index is 43.8. The van der Waals surface area contributed by atoms with Crippen molar-refractivity contribution in [3.05, 3.63) is 0 Å². The third kappa shape index (κ3) is 18.4. The average Bonchev–Trinajstić information content (AvgIpc) is 1.93. The van der Waals surface area contributed by atoms with Gasteiger partial charge >= 0.3 is 50.9 Å². The number of aliphatic hydroxyl groups is 1. The molecule has 0 atom stereocenters. The molecule has 0 aliphatic heterocycles. The monoisotopic (exact) mass is 321 g/mol. The maximum Gasteiger partial charge on any atom is 0 e. The first-order valence-electron chi connectivity index (χ1n) is 4.21. The molecule has 1 N–H and O–H groups in total. The van der Waals surface area contributed by atoms with E-state index in [0.29, 0.717) is 0 Å². The van der Waals surface area contributed by atoms with E-state index in [2.05, 4.69) is 20.8 Å². The van der Waals surface area contributed by atoms with Crippen molar-refractivity contribution in [2.45, 2.75) is 43.5 Å². The fourth-order valence-corrected chi connectivity index (χ4v) is 3.90. The van der Waals surface area contributed by atoms with Crippen LogP contribution in [0.25, 0.3) is 0 Å². The Kier molecular flexibility index (Phi) is 29.0. The summed E-state index contributed by atoms with van der Waals surface area (Å²) < 4.78 is 0. The zero-order chi connectivity index (χ0) is 8.41. The standard InChI is InChI=1S/C6H15Ge.C2H6O.Cd/c1-4-7(5-2)6-3;1-2-3;/h4-6H2,1-3H3;3H,2H2,1H3;. The van der Waals surface area contributed by atoms with Crippen LogP contribution >= 0.6 is 0 Å². The van der Waals surface area contributed by atoms with Gasteiger partial charge in [-0.3, -0.25) is 0 Å². The van der Waals surface area contributed by atoms with Crippen LogP contribution in [-0.4, -0.2) is 26.1 Å². The minimum Gasteiger partial charge on any atom is 0 e. The molecule has 1 nitrogen and oxygen atoms in total. The quantitative estimate of drug-likeness (QED) is 0.793. The Morgan fingerprint density at radius 3 is 1.09 bits per heavy atom. The van der Waals surface area contributed by atoms with E-state index in [1.165, 1.54) is 15.8 Å². The van der Waals surface area contributed by atoms with E-state index in [-0.39, 0.29) is 33.9 Å². The molecule has 0 heterocycles. The van der Waals surface area contributed by atoms with Crippen molar-refractivity contribution in [3.63, 3.8) is 0 Å². The molecule has 0 aliphatic rings. The van der Waals surface area contributed by atoms with Crippen LogP contribution in [0.1, 0.15) is 27.7 Å². The van der Waals surface area contributed by atoms with Gasteiger partial charge in [-0.05, 0) is 6.92 Å². The van der Waals surface area contributed by atoms with Gasteiger partial charge in [0.2, 0.25) is 0 Å². The van der Waals surface area contributed by atoms with Crippen molar-refractivity contribution in [2.75, 3.05) is 6.61 Å². The fraction of sp³-hybridized carbons (Fsp3) is 1.00. The van der Waals surface area contributed by atoms with E-state index in [0.717, 1.165) is 0 Å². The van der Waals surface area contributed by atoms with Crippen molar-refractivity contribution in [1.29, 1.82) is 0 Å². The van der Waals surface area contributed by atoms with Crippen molar-refractivity contribution in [1.82, 2.24) is 0 Å². The number of aliphatic hydroxyl groups excluding tert-OH is 1. The van der Waals surface area contributed by atoms with E-state index in [4.69, 9.17) is 5.11 Å². The van der Waals surface area contributed by atoms with Gasteiger partial charge in [0, 0.05) is 33.9 Å². The molecule has 0 aromatic carbocycles. The van der Waals surface area contributed by atoms with Crippen LogP contribution < -0.4 is 0 Å². The molecule has 0 unspecified atom stereocenters. The molecule has 65 valence electrons. The molecule has 0 amide bonds. The van der Waals surface area contributed by atoms with Gasteiger partial charge < -0.3 is 5.11 Å². The molecule has 0 fully saturated rings. The summed E-state index contributed by atoms with van der Waals surface area (Å²) in [7, 11) is 0. The average molecular weight is 318 g/mol. The molecule has 0 bridgehead atoms. The molecule has 0 aromatic rings. The molecule has 3 heteroatoms. The van der Waals surface area contributed by atoms with Gasteiger partial charge in [0.05, 0.1) is 0 Å². The van der Waals surface area contributed by atoms with Crippen LogP contribution in [0.5, 0.6) is 0 Å². The molecular formula is C8H21CdGeO. The van der Waals surface area contributed by atoms with Crippen LogP contribution in [0.4, 0.5) is 0 Å². The number of rotatable bonds is 3. The summed E-state index contributed by atoms with van der Waals surface area (Å²) >= 11 is -0.403. The number of hydrogen-bond donors (Lipinski definition) is 1. The first-order chi connectivity index (χ1) is 4.76. The van der Waals surface area contributed by atoms with E-state index in [1.807, 2.05) is 0 Å². The normalized spacial score (nSPS) is 8.18. The van der Waals surface area contributed by atoms with Crippen molar-refractivity contribution >= 4 is 14.3 Å². The Labute approximate surface area is 96.2 Å². The second-order valence-electron chi connectivity index (χ2n) is 2.13. The molecule has 0 rings (SSSR count). The predicted molar refractivity (Wildman–Crippen MR) is 50.0 cm³/mol. The SMILES string of the molecule is CCO.C[CH2][Ge]([CH2]C)[CH2]C.[Cd]. The van der Waals surface area contributed by atoms with Crippen LogP contribution in [0.3, 0.4) is 0 Å². The smallest absolute Gasteiger partial charge is 0 e. The van der Waals surface area contributed by atoms with Gasteiger partial charge in [-0.1, -0.05) is 0 Å². The van der Waals surface area contributed by atoms with Crippen LogP contribution in [0.2, 0.25) is 15.8 Å². The largest absolute Gasteiger partial charge is 0 e. The molecule has 0 aromatic heterocycles. The summed E-state index contributed by atoms with van der Waals surface area (Å²) in [5.41, 5.74) is 0. The summed E-state index contributed by atoms with van der Waals surface area (Å²) in [5, 5.41) is 12.1. The van der Waals surface area contributed by atoms with Crippen LogP contribution in [-0.2, 0) is 27.3 Å². The second-order valence-corrected chi connectivity index (χ2v) is 9.72. The van der Waals surface area contributed by atoms with Gasteiger partial charge in [0.1, 0.15) is 0 Å². The number of hydrogen-bond acceptors (Lipinski definition) is 1. The molecule has 0 spiro atoms. The molecule has 0 saturated heterocycles. The second kappa shape index (κ2) is 17.5. The fourth-order valence-electron chi connectivity index (χ4n) is 0.750. The van der Waals surface area contributed by atoms with E-state index < -0.39 is 14.3 Å². The first kappa shape index (κ1) is 18.3. The molecule has 0 aliphatic carbocycles. The Morgan fingerprint density at radius 2 is 1.09 bits per heavy atom. The summed E-state index contributed by atoms with van der Waals surface area (Å²) in [6, 6.07) is 0. The third-order valence-corrected chi connectivity index (χ3v) is 7.79. The Morgan fingerprint density at radius 1 is 0.909 bits per heavy atom. The maximum atomic E-state index is 7.57. The van der Waals surface area contributed by atoms with Crippen molar-refractivity contribution < 1.29 is 32.4 Å². The van der Waals surface area contributed by atoms with Crippen LogP contribution in [0, 0.1) is 0 Å². The zero-order valence-electron chi connectivity index (χ0n) is 8.48. The minimum atomic E-state index is -0.403. The van der Waals surface area contributed by atoms with Gasteiger partial charge in [0.15, 0.2) is 0 Å². The Hall–Kier alpha value is 1.42. The van der Waals surface area contributed by atoms with Gasteiger partial charge in [-0.25, -0.2) is 0 Å². The third-order valence-electron chi connectivity index (χ3n) is 1.50. The van der Waals surface area contributed by atoms with Gasteiger partial charge in [0.25, 0.3) is 0 Å². The Balaban J connectivity index is -0.000000140. The molecule has 0 saturated carbocycles. The maximum absolute atomic E-state index is 7.57. The van der Waals surface area contributed by atoms with Crippen LogP contribution in [0.15, 0.2) is 0 Å².